The molecule has 0 amide bonds. The normalized spacial score (nSPS) is 12.5. The van der Waals surface area contributed by atoms with Gasteiger partial charge in [-0.1, -0.05) is 18.2 Å². The quantitative estimate of drug-likeness (QED) is 0.322. The van der Waals surface area contributed by atoms with E-state index in [2.05, 4.69) is 26.6 Å². The Kier molecular flexibility index (Phi) is 9.33. The summed E-state index contributed by atoms with van der Waals surface area (Å²) in [6.07, 6.45) is 0. The predicted octanol–water partition coefficient (Wildman–Crippen LogP) is 2.84. The van der Waals surface area contributed by atoms with Crippen LogP contribution < -0.4 is 24.8 Å². The van der Waals surface area contributed by atoms with Crippen molar-refractivity contribution in [3.05, 3.63) is 53.6 Å². The van der Waals surface area contributed by atoms with E-state index in [1.807, 2.05) is 50.5 Å². The maximum atomic E-state index is 5.80. The third-order valence-electron chi connectivity index (χ3n) is 4.29. The monoisotopic (exact) mass is 512 g/mol. The number of likely N-dealkylation sites (N-methyl/N-ethyl adjacent to an activating group) is 1. The highest BCUT2D eigenvalue weighted by Gasteiger charge is 2.13. The Hall–Kier alpha value is -2.20. The zero-order chi connectivity index (χ0) is 19.8. The van der Waals surface area contributed by atoms with E-state index in [1.54, 1.807) is 7.05 Å². The molecule has 1 heterocycles. The molecule has 7 nitrogen and oxygen atoms in total. The van der Waals surface area contributed by atoms with E-state index < -0.39 is 0 Å². The minimum absolute atomic E-state index is 0. The Morgan fingerprint density at radius 3 is 2.48 bits per heavy atom. The van der Waals surface area contributed by atoms with Crippen LogP contribution in [0.4, 0.5) is 0 Å². The number of nitrogens with one attached hydrogen (secondary N) is 2. The van der Waals surface area contributed by atoms with Crippen LogP contribution in [-0.4, -0.2) is 51.9 Å². The number of hydrogen-bond donors (Lipinski definition) is 2. The smallest absolute Gasteiger partial charge is 0.231 e. The van der Waals surface area contributed by atoms with Crippen molar-refractivity contribution in [3.8, 4) is 17.2 Å². The average molecular weight is 512 g/mol. The molecule has 1 aliphatic heterocycles. The van der Waals surface area contributed by atoms with E-state index in [4.69, 9.17) is 14.2 Å². The van der Waals surface area contributed by atoms with Gasteiger partial charge in [-0.25, -0.2) is 0 Å². The summed E-state index contributed by atoms with van der Waals surface area (Å²) in [6.45, 7) is 3.14. The molecule has 0 bridgehead atoms. The van der Waals surface area contributed by atoms with Crippen molar-refractivity contribution in [3.63, 3.8) is 0 Å². The first kappa shape index (κ1) is 23.1. The molecule has 3 rings (SSSR count). The fourth-order valence-electron chi connectivity index (χ4n) is 2.73. The fourth-order valence-corrected chi connectivity index (χ4v) is 2.73. The first-order valence-electron chi connectivity index (χ1n) is 9.33. The molecule has 0 atom stereocenters. The van der Waals surface area contributed by atoms with Gasteiger partial charge in [0.05, 0.1) is 0 Å². The highest BCUT2D eigenvalue weighted by molar-refractivity contribution is 14.0. The zero-order valence-electron chi connectivity index (χ0n) is 17.1. The first-order chi connectivity index (χ1) is 13.6. The standard InChI is InChI=1S/C21H28N4O3.HI/c1-22-21(24-14-17-7-8-19-20(12-17)28-15-27-19)23-13-16-5-4-6-18(11-16)26-10-9-25(2)3;/h4-8,11-12H,9-10,13-15H2,1-3H3,(H2,22,23,24);1H. The Morgan fingerprint density at radius 2 is 1.76 bits per heavy atom. The molecule has 1 aliphatic rings. The van der Waals surface area contributed by atoms with Crippen LogP contribution in [0.3, 0.4) is 0 Å². The molecule has 0 unspecified atom stereocenters. The molecule has 29 heavy (non-hydrogen) atoms. The number of guanidine groups is 1. The third kappa shape index (κ3) is 7.28. The van der Waals surface area contributed by atoms with Crippen molar-refractivity contribution in [1.82, 2.24) is 15.5 Å². The number of hydrogen-bond acceptors (Lipinski definition) is 5. The summed E-state index contributed by atoms with van der Waals surface area (Å²) >= 11 is 0. The molecule has 2 aromatic rings. The molecule has 2 N–H and O–H groups in total. The second-order valence-electron chi connectivity index (χ2n) is 6.77. The SMILES string of the molecule is CN=C(NCc1cccc(OCCN(C)C)c1)NCc1ccc2c(c1)OCO2.I. The van der Waals surface area contributed by atoms with Gasteiger partial charge >= 0.3 is 0 Å². The number of rotatable bonds is 8. The Bertz CT molecular complexity index is 814. The molecule has 0 saturated heterocycles. The lowest BCUT2D eigenvalue weighted by Gasteiger charge is -2.14. The van der Waals surface area contributed by atoms with Crippen molar-refractivity contribution in [2.75, 3.05) is 41.1 Å². The minimum atomic E-state index is 0. The van der Waals surface area contributed by atoms with Gasteiger partial charge in [0.15, 0.2) is 17.5 Å². The predicted molar refractivity (Wildman–Crippen MR) is 126 cm³/mol. The summed E-state index contributed by atoms with van der Waals surface area (Å²) < 4.78 is 16.6. The van der Waals surface area contributed by atoms with Gasteiger partial charge in [0.1, 0.15) is 12.4 Å². The summed E-state index contributed by atoms with van der Waals surface area (Å²) in [4.78, 5) is 6.38. The molecule has 0 radical (unpaired) electrons. The third-order valence-corrected chi connectivity index (χ3v) is 4.29. The van der Waals surface area contributed by atoms with Crippen LogP contribution in [0.25, 0.3) is 0 Å². The summed E-state index contributed by atoms with van der Waals surface area (Å²) in [5, 5.41) is 6.64. The molecule has 0 aliphatic carbocycles. The maximum Gasteiger partial charge on any atom is 0.231 e. The van der Waals surface area contributed by atoms with Crippen LogP contribution in [0, 0.1) is 0 Å². The van der Waals surface area contributed by atoms with Crippen molar-refractivity contribution >= 4 is 29.9 Å². The Labute approximate surface area is 189 Å². The molecular formula is C21H29IN4O3. The van der Waals surface area contributed by atoms with E-state index in [0.717, 1.165) is 40.9 Å². The van der Waals surface area contributed by atoms with E-state index in [0.29, 0.717) is 19.7 Å². The minimum Gasteiger partial charge on any atom is -0.492 e. The molecule has 0 spiro atoms. The number of aliphatic imine (C=N–C) groups is 1. The largest absolute Gasteiger partial charge is 0.492 e. The van der Waals surface area contributed by atoms with Gasteiger partial charge in [0, 0.05) is 26.7 Å². The number of nitrogens with zero attached hydrogens (tertiary/aromatic N) is 2. The average Bonchev–Trinajstić information content (AvgIpc) is 3.16. The molecule has 158 valence electrons. The fraction of sp³-hybridized carbons (Fsp3) is 0.381. The topological polar surface area (TPSA) is 67.4 Å². The van der Waals surface area contributed by atoms with Crippen LogP contribution in [-0.2, 0) is 13.1 Å². The van der Waals surface area contributed by atoms with Gasteiger partial charge in [-0.05, 0) is 49.5 Å². The van der Waals surface area contributed by atoms with Crippen LogP contribution in [0.2, 0.25) is 0 Å². The molecule has 0 fully saturated rings. The van der Waals surface area contributed by atoms with E-state index in [-0.39, 0.29) is 30.8 Å². The number of ether oxygens (including phenoxy) is 3. The molecule has 8 heteroatoms. The van der Waals surface area contributed by atoms with Crippen LogP contribution in [0.15, 0.2) is 47.5 Å². The molecule has 0 aromatic heterocycles. The highest BCUT2D eigenvalue weighted by Crippen LogP contribution is 2.32. The lowest BCUT2D eigenvalue weighted by atomic mass is 10.2. The second-order valence-corrected chi connectivity index (χ2v) is 6.77. The first-order valence-corrected chi connectivity index (χ1v) is 9.33. The van der Waals surface area contributed by atoms with Crippen molar-refractivity contribution in [2.45, 2.75) is 13.1 Å². The van der Waals surface area contributed by atoms with E-state index in [9.17, 15) is 0 Å². The summed E-state index contributed by atoms with van der Waals surface area (Å²) in [6, 6.07) is 14.0. The van der Waals surface area contributed by atoms with Crippen LogP contribution in [0.1, 0.15) is 11.1 Å². The lowest BCUT2D eigenvalue weighted by molar-refractivity contribution is 0.174. The number of halogens is 1. The Balaban J connectivity index is 0.00000300. The van der Waals surface area contributed by atoms with Crippen molar-refractivity contribution < 1.29 is 14.2 Å². The lowest BCUT2D eigenvalue weighted by Crippen LogP contribution is -2.36. The van der Waals surface area contributed by atoms with Gasteiger partial charge in [0.2, 0.25) is 6.79 Å². The summed E-state index contributed by atoms with van der Waals surface area (Å²) in [5.41, 5.74) is 2.23. The van der Waals surface area contributed by atoms with Gasteiger partial charge in [-0.3, -0.25) is 4.99 Å². The van der Waals surface area contributed by atoms with Crippen LogP contribution >= 0.6 is 24.0 Å². The summed E-state index contributed by atoms with van der Waals surface area (Å²) in [7, 11) is 5.83. The number of benzene rings is 2. The van der Waals surface area contributed by atoms with Crippen molar-refractivity contribution in [2.24, 2.45) is 4.99 Å². The second kappa shape index (κ2) is 11.7. The highest BCUT2D eigenvalue weighted by atomic mass is 127. The van der Waals surface area contributed by atoms with Gasteiger partial charge in [0.25, 0.3) is 0 Å². The molecule has 2 aromatic carbocycles. The van der Waals surface area contributed by atoms with Gasteiger partial charge in [-0.2, -0.15) is 0 Å². The van der Waals surface area contributed by atoms with Crippen molar-refractivity contribution in [1.29, 1.82) is 0 Å². The van der Waals surface area contributed by atoms with Gasteiger partial charge < -0.3 is 29.7 Å². The van der Waals surface area contributed by atoms with Gasteiger partial charge in [-0.15, -0.1) is 24.0 Å². The maximum absolute atomic E-state index is 5.80. The zero-order valence-corrected chi connectivity index (χ0v) is 19.4. The van der Waals surface area contributed by atoms with Crippen LogP contribution in [0.5, 0.6) is 17.2 Å². The van der Waals surface area contributed by atoms with E-state index >= 15 is 0 Å². The summed E-state index contributed by atoms with van der Waals surface area (Å²) in [5.74, 6) is 3.19. The molecule has 0 saturated carbocycles. The Morgan fingerprint density at radius 1 is 1.03 bits per heavy atom. The number of fused-ring (bicyclic) bond motifs is 1. The molecular weight excluding hydrogens is 483 g/mol. The van der Waals surface area contributed by atoms with E-state index in [1.165, 1.54) is 0 Å².